The molecule has 2 aromatic heterocycles. The molecule has 0 saturated heterocycles. The summed E-state index contributed by atoms with van der Waals surface area (Å²) in [6.45, 7) is -2.33. The van der Waals surface area contributed by atoms with Gasteiger partial charge in [0.2, 0.25) is 10.0 Å². The van der Waals surface area contributed by atoms with Gasteiger partial charge < -0.3 is 24.0 Å². The van der Waals surface area contributed by atoms with Gasteiger partial charge in [-0.2, -0.15) is 26.6 Å². The number of aryl methyl sites for hydroxylation is 1. The lowest BCUT2D eigenvalue weighted by Gasteiger charge is -2.14. The summed E-state index contributed by atoms with van der Waals surface area (Å²) < 4.78 is 129. The Kier molecular flexibility index (Phi) is 18.7. The second-order valence-electron chi connectivity index (χ2n) is 13.1. The molecule has 0 spiro atoms. The van der Waals surface area contributed by atoms with Gasteiger partial charge in [-0.3, -0.25) is 19.6 Å². The highest BCUT2D eigenvalue weighted by atomic mass is 35.5. The van der Waals surface area contributed by atoms with Gasteiger partial charge in [-0.15, -0.1) is 5.10 Å². The van der Waals surface area contributed by atoms with Gasteiger partial charge >= 0.3 is 24.4 Å². The van der Waals surface area contributed by atoms with Crippen molar-refractivity contribution in [2.75, 3.05) is 48.8 Å². The molecule has 1 saturated carbocycles. The van der Waals surface area contributed by atoms with E-state index in [1.165, 1.54) is 19.2 Å². The summed E-state index contributed by atoms with van der Waals surface area (Å²) in [5.41, 5.74) is -2.64. The number of sulfone groups is 1. The Hall–Kier alpha value is -3.88. The zero-order valence-electron chi connectivity index (χ0n) is 32.5. The van der Waals surface area contributed by atoms with Crippen LogP contribution in [0.25, 0.3) is 5.69 Å². The van der Waals surface area contributed by atoms with Crippen molar-refractivity contribution in [3.8, 4) is 5.69 Å². The van der Waals surface area contributed by atoms with Crippen LogP contribution in [0, 0.1) is 6.92 Å². The fraction of sp³-hybridized carbons (Fsp3) is 0.406. The Morgan fingerprint density at radius 3 is 2.08 bits per heavy atom. The highest BCUT2D eigenvalue weighted by Crippen LogP contribution is 2.42. The number of carboxylic acid groups (broad SMARTS) is 1. The summed E-state index contributed by atoms with van der Waals surface area (Å²) in [7, 11) is -11.4. The van der Waals surface area contributed by atoms with Gasteiger partial charge in [0.15, 0.2) is 21.4 Å². The summed E-state index contributed by atoms with van der Waals surface area (Å²) in [5.74, 6) is -1.73. The van der Waals surface area contributed by atoms with Crippen molar-refractivity contribution < 1.29 is 72.4 Å². The average Bonchev–Trinajstić information content (AvgIpc) is 3.72. The molecule has 1 aliphatic rings. The van der Waals surface area contributed by atoms with Crippen molar-refractivity contribution in [2.24, 2.45) is 0 Å². The van der Waals surface area contributed by atoms with Crippen LogP contribution in [-0.4, -0.2) is 102 Å². The van der Waals surface area contributed by atoms with Crippen LogP contribution < -0.4 is 20.6 Å². The van der Waals surface area contributed by atoms with Crippen molar-refractivity contribution in [3.63, 3.8) is 0 Å². The number of carboxylic acids is 1. The number of carbonyl (C=O) groups excluding carboxylic acids is 1. The molecule has 2 heterocycles. The topological polar surface area (TPSA) is 273 Å². The second kappa shape index (κ2) is 21.5. The first-order chi connectivity index (χ1) is 27.7. The zero-order chi connectivity index (χ0) is 47.0. The summed E-state index contributed by atoms with van der Waals surface area (Å²) in [5, 5.41) is 17.2. The molecule has 0 amide bonds. The minimum atomic E-state index is -4.71. The predicted molar refractivity (Wildman–Crippen MR) is 214 cm³/mol. The second-order valence-corrected chi connectivity index (χ2v) is 21.7. The Morgan fingerprint density at radius 1 is 1.07 bits per heavy atom. The minimum Gasteiger partial charge on any atom is -0.778 e. The third kappa shape index (κ3) is 17.1. The molecule has 29 heteroatoms. The van der Waals surface area contributed by atoms with Crippen molar-refractivity contribution in [1.82, 2.24) is 24.8 Å². The van der Waals surface area contributed by atoms with E-state index in [1.807, 2.05) is 5.32 Å². The largest absolute Gasteiger partial charge is 0.778 e. The SMILES string of the molecule is CS(=O)(=O)c1cc(C(F)(F)F)ccc1C(=O)c1cnoc1C1CC1.C[S+](C)C.Cc1nn(-c2cc(NS(C)(=O)=O)c(Cl)cc2Cl)c(=O)n1C(F)F.O=C(O)CNCP(=O)([O-])O. The molecule has 18 nitrogen and oxygen atoms in total. The number of carbonyl (C=O) groups is 2. The molecule has 1 aliphatic carbocycles. The predicted octanol–water partition coefficient (Wildman–Crippen LogP) is 4.28. The molecule has 1 fully saturated rings. The third-order valence-electron chi connectivity index (χ3n) is 7.07. The monoisotopic (exact) mass is 990 g/mol. The molecule has 5 rings (SSSR count). The maximum absolute atomic E-state index is 12.8. The van der Waals surface area contributed by atoms with Crippen molar-refractivity contribution in [3.05, 3.63) is 85.3 Å². The van der Waals surface area contributed by atoms with E-state index in [2.05, 4.69) is 33.7 Å². The third-order valence-corrected chi connectivity index (χ3v) is 10.0. The van der Waals surface area contributed by atoms with Crippen LogP contribution in [-0.2, 0) is 46.3 Å². The number of anilines is 1. The van der Waals surface area contributed by atoms with Gasteiger partial charge in [0.05, 0.1) is 81.5 Å². The molecule has 1 atom stereocenters. The van der Waals surface area contributed by atoms with Crippen LogP contribution in [0.2, 0.25) is 10.0 Å². The van der Waals surface area contributed by atoms with Crippen LogP contribution in [0.1, 0.15) is 58.4 Å². The number of nitrogens with one attached hydrogen (secondary N) is 2. The number of sulfonamides is 1. The van der Waals surface area contributed by atoms with Gasteiger partial charge in [-0.1, -0.05) is 28.4 Å². The molecule has 61 heavy (non-hydrogen) atoms. The highest BCUT2D eigenvalue weighted by Gasteiger charge is 2.36. The maximum atomic E-state index is 12.8. The fourth-order valence-electron chi connectivity index (χ4n) is 4.54. The Bertz CT molecular complexity index is 2540. The first-order valence-electron chi connectivity index (χ1n) is 16.5. The van der Waals surface area contributed by atoms with Crippen LogP contribution in [0.3, 0.4) is 0 Å². The number of aromatic nitrogens is 4. The van der Waals surface area contributed by atoms with Crippen LogP contribution in [0.5, 0.6) is 0 Å². The standard InChI is InChI=1S/C15H12F3NO4S.C11H10Cl2F2N4O3S.C3H8NO5P.C3H9S/c1-24(21,22)12-6-9(15(16,17)18)4-5-10(12)13(20)11-7-19-23-14(11)8-2-3-8;1-5-16-19(11(20)18(5)10(14)15)9-4-8(17-23(2,21)22)6(12)3-7(9)13;5-3(6)1-4-2-10(7,8)9;1-4(2)3/h4-8H,2-3H2,1H3;3-4,10,17H,1-2H3;4H,1-2H2,(H,5,6)(H2,7,8,9);1-3H3/q;;;+1/p-1. The zero-order valence-corrected chi connectivity index (χ0v) is 37.4. The number of rotatable bonds is 12. The average molecular weight is 992 g/mol. The summed E-state index contributed by atoms with van der Waals surface area (Å²) in [4.78, 5) is 51.8. The van der Waals surface area contributed by atoms with E-state index in [4.69, 9.17) is 37.7 Å². The smallest absolute Gasteiger partial charge is 0.416 e. The fourth-order valence-corrected chi connectivity index (χ4v) is 6.97. The Morgan fingerprint density at radius 2 is 1.64 bits per heavy atom. The van der Waals surface area contributed by atoms with E-state index in [0.29, 0.717) is 33.5 Å². The number of benzene rings is 2. The van der Waals surface area contributed by atoms with Crippen molar-refractivity contribution in [1.29, 1.82) is 0 Å². The van der Waals surface area contributed by atoms with Crippen LogP contribution in [0.4, 0.5) is 27.6 Å². The lowest BCUT2D eigenvalue weighted by Crippen LogP contribution is -2.25. The molecule has 1 unspecified atom stereocenters. The van der Waals surface area contributed by atoms with Crippen LogP contribution in [0.15, 0.2) is 50.7 Å². The number of nitrogens with zero attached hydrogens (tertiary/aromatic N) is 4. The quantitative estimate of drug-likeness (QED) is 0.0668. The number of halogens is 7. The molecule has 4 aromatic rings. The summed E-state index contributed by atoms with van der Waals surface area (Å²) in [6.07, 6.45) is 5.63. The number of hydrogen-bond acceptors (Lipinski definition) is 13. The first kappa shape index (κ1) is 53.3. The van der Waals surface area contributed by atoms with Gasteiger partial charge in [0.1, 0.15) is 13.4 Å². The number of hydrogen-bond donors (Lipinski definition) is 4. The minimum absolute atomic E-state index is 0.0257. The lowest BCUT2D eigenvalue weighted by atomic mass is 10.0. The highest BCUT2D eigenvalue weighted by molar-refractivity contribution is 7.94. The van der Waals surface area contributed by atoms with Gasteiger partial charge in [-0.05, 0) is 61.0 Å². The summed E-state index contributed by atoms with van der Waals surface area (Å²) >= 11 is 11.8. The molecule has 4 N–H and O–H groups in total. The number of alkyl halides is 5. The van der Waals surface area contributed by atoms with Gasteiger partial charge in [0, 0.05) is 17.7 Å². The van der Waals surface area contributed by atoms with Gasteiger partial charge in [-0.25, -0.2) is 26.2 Å². The van der Waals surface area contributed by atoms with E-state index >= 15 is 0 Å². The molecular formula is C32H38Cl2F5N6O12PS3. The molecule has 0 bridgehead atoms. The molecular weight excluding hydrogens is 953 g/mol. The summed E-state index contributed by atoms with van der Waals surface area (Å²) in [6, 6.07) is 4.36. The molecule has 0 aliphatic heterocycles. The molecule has 0 radical (unpaired) electrons. The normalized spacial score (nSPS) is 13.9. The van der Waals surface area contributed by atoms with Crippen molar-refractivity contribution >= 4 is 79.0 Å². The van der Waals surface area contributed by atoms with Crippen molar-refractivity contribution in [2.45, 2.75) is 43.3 Å². The number of aliphatic carboxylic acids is 1. The van der Waals surface area contributed by atoms with E-state index in [-0.39, 0.29) is 48.9 Å². The number of ketones is 1. The molecule has 2 aromatic carbocycles. The first-order valence-corrected chi connectivity index (χ1v) is 25.3. The Labute approximate surface area is 357 Å². The van der Waals surface area contributed by atoms with E-state index in [1.54, 1.807) is 0 Å². The molecule has 340 valence electrons. The lowest BCUT2D eigenvalue weighted by molar-refractivity contribution is -0.193. The Balaban J connectivity index is 0.000000323. The van der Waals surface area contributed by atoms with E-state index < -0.39 is 80.9 Å². The van der Waals surface area contributed by atoms with Crippen LogP contribution >= 0.6 is 30.8 Å². The maximum Gasteiger partial charge on any atom is 0.416 e. The van der Waals surface area contributed by atoms with E-state index in [9.17, 15) is 62.6 Å². The van der Waals surface area contributed by atoms with Gasteiger partial charge in [0.25, 0.3) is 0 Å². The van der Waals surface area contributed by atoms with E-state index in [0.717, 1.165) is 37.5 Å².